The maximum absolute atomic E-state index is 11.7. The van der Waals surface area contributed by atoms with Gasteiger partial charge in [0.2, 0.25) is 0 Å². The van der Waals surface area contributed by atoms with Gasteiger partial charge in [-0.1, -0.05) is 19.4 Å². The van der Waals surface area contributed by atoms with Crippen molar-refractivity contribution in [1.29, 1.82) is 0 Å². The van der Waals surface area contributed by atoms with Crippen LogP contribution in [0.2, 0.25) is 0 Å². The first kappa shape index (κ1) is 12.6. The van der Waals surface area contributed by atoms with Crippen molar-refractivity contribution in [3.8, 4) is 0 Å². The predicted molar refractivity (Wildman–Crippen MR) is 70.2 cm³/mol. The Balaban J connectivity index is 1.70. The van der Waals surface area contributed by atoms with Crippen LogP contribution in [0.15, 0.2) is 17.5 Å². The maximum atomic E-state index is 11.7. The van der Waals surface area contributed by atoms with E-state index in [4.69, 9.17) is 4.74 Å². The van der Waals surface area contributed by atoms with E-state index in [2.05, 4.69) is 13.0 Å². The molecule has 0 saturated heterocycles. The summed E-state index contributed by atoms with van der Waals surface area (Å²) in [5.41, 5.74) is 0. The summed E-state index contributed by atoms with van der Waals surface area (Å²) in [5, 5.41) is 2.05. The van der Waals surface area contributed by atoms with Crippen molar-refractivity contribution in [1.82, 2.24) is 0 Å². The molecular formula is C14H20O2S. The van der Waals surface area contributed by atoms with Crippen molar-refractivity contribution in [3.05, 3.63) is 22.4 Å². The Hall–Kier alpha value is -0.830. The highest BCUT2D eigenvalue weighted by molar-refractivity contribution is 7.09. The summed E-state index contributed by atoms with van der Waals surface area (Å²) in [6.07, 6.45) is 6.09. The van der Waals surface area contributed by atoms with Crippen molar-refractivity contribution in [3.63, 3.8) is 0 Å². The quantitative estimate of drug-likeness (QED) is 0.762. The average molecular weight is 252 g/mol. The monoisotopic (exact) mass is 252 g/mol. The van der Waals surface area contributed by atoms with E-state index in [1.54, 1.807) is 11.3 Å². The highest BCUT2D eigenvalue weighted by Crippen LogP contribution is 2.26. The third-order valence-electron chi connectivity index (χ3n) is 3.34. The SMILES string of the molecule is CC1CCCC(OC(=O)CCc2cccs2)C1. The molecule has 1 fully saturated rings. The van der Waals surface area contributed by atoms with Crippen LogP contribution in [0.4, 0.5) is 0 Å². The number of hydrogen-bond acceptors (Lipinski definition) is 3. The second kappa shape index (κ2) is 6.20. The van der Waals surface area contributed by atoms with Crippen LogP contribution in [0.1, 0.15) is 43.9 Å². The van der Waals surface area contributed by atoms with Gasteiger partial charge in [0, 0.05) is 4.88 Å². The van der Waals surface area contributed by atoms with Gasteiger partial charge in [-0.3, -0.25) is 4.79 Å². The molecular weight excluding hydrogens is 232 g/mol. The summed E-state index contributed by atoms with van der Waals surface area (Å²) < 4.78 is 5.53. The van der Waals surface area contributed by atoms with Crippen LogP contribution in [0.5, 0.6) is 0 Å². The molecule has 2 nitrogen and oxygen atoms in total. The predicted octanol–water partition coefficient (Wildman–Crippen LogP) is 3.80. The molecule has 0 bridgehead atoms. The smallest absolute Gasteiger partial charge is 0.306 e. The van der Waals surface area contributed by atoms with Crippen molar-refractivity contribution in [2.75, 3.05) is 0 Å². The number of carbonyl (C=O) groups excluding carboxylic acids is 1. The molecule has 3 heteroatoms. The summed E-state index contributed by atoms with van der Waals surface area (Å²) in [7, 11) is 0. The Morgan fingerprint density at radius 3 is 3.12 bits per heavy atom. The Morgan fingerprint density at radius 1 is 1.53 bits per heavy atom. The molecule has 0 aliphatic heterocycles. The van der Waals surface area contributed by atoms with Crippen molar-refractivity contribution in [2.24, 2.45) is 5.92 Å². The molecule has 17 heavy (non-hydrogen) atoms. The zero-order chi connectivity index (χ0) is 12.1. The van der Waals surface area contributed by atoms with Gasteiger partial charge < -0.3 is 4.74 Å². The lowest BCUT2D eigenvalue weighted by Crippen LogP contribution is -2.24. The van der Waals surface area contributed by atoms with Gasteiger partial charge in [0.05, 0.1) is 6.42 Å². The van der Waals surface area contributed by atoms with Crippen molar-refractivity contribution < 1.29 is 9.53 Å². The van der Waals surface area contributed by atoms with Crippen molar-refractivity contribution in [2.45, 2.75) is 51.6 Å². The molecule has 2 rings (SSSR count). The molecule has 1 aromatic rings. The fraction of sp³-hybridized carbons (Fsp3) is 0.643. The molecule has 1 aromatic heterocycles. The van der Waals surface area contributed by atoms with E-state index in [-0.39, 0.29) is 12.1 Å². The summed E-state index contributed by atoms with van der Waals surface area (Å²) in [4.78, 5) is 13.0. The highest BCUT2D eigenvalue weighted by Gasteiger charge is 2.21. The minimum atomic E-state index is -0.0301. The maximum Gasteiger partial charge on any atom is 0.306 e. The molecule has 0 aromatic carbocycles. The molecule has 2 unspecified atom stereocenters. The molecule has 0 radical (unpaired) electrons. The standard InChI is InChI=1S/C14H20O2S/c1-11-4-2-5-12(10-11)16-14(15)8-7-13-6-3-9-17-13/h3,6,9,11-12H,2,4-5,7-8,10H2,1H3. The van der Waals surface area contributed by atoms with E-state index in [9.17, 15) is 4.79 Å². The Kier molecular flexibility index (Phi) is 4.60. The second-order valence-corrected chi connectivity index (χ2v) is 6.00. The fourth-order valence-electron chi connectivity index (χ4n) is 2.41. The molecule has 0 amide bonds. The van der Waals surface area contributed by atoms with Crippen LogP contribution in [0.25, 0.3) is 0 Å². The Labute approximate surface area is 107 Å². The number of ether oxygens (including phenoxy) is 1. The van der Waals surface area contributed by atoms with Gasteiger partial charge in [-0.25, -0.2) is 0 Å². The van der Waals surface area contributed by atoms with Gasteiger partial charge in [0.15, 0.2) is 0 Å². The molecule has 0 spiro atoms. The number of hydrogen-bond donors (Lipinski definition) is 0. The lowest BCUT2D eigenvalue weighted by Gasteiger charge is -2.26. The van der Waals surface area contributed by atoms with Gasteiger partial charge in [-0.05, 0) is 43.0 Å². The Bertz CT molecular complexity index is 345. The summed E-state index contributed by atoms with van der Waals surface area (Å²) in [6, 6.07) is 4.09. The number of aryl methyl sites for hydroxylation is 1. The zero-order valence-corrected chi connectivity index (χ0v) is 11.2. The summed E-state index contributed by atoms with van der Waals surface area (Å²) >= 11 is 1.70. The van der Waals surface area contributed by atoms with Gasteiger partial charge in [-0.15, -0.1) is 11.3 Å². The topological polar surface area (TPSA) is 26.3 Å². The largest absolute Gasteiger partial charge is 0.462 e. The minimum absolute atomic E-state index is 0.0301. The van der Waals surface area contributed by atoms with E-state index in [0.717, 1.165) is 19.3 Å². The first-order valence-corrected chi connectivity index (χ1v) is 7.34. The fourth-order valence-corrected chi connectivity index (χ4v) is 3.12. The first-order chi connectivity index (χ1) is 8.24. The lowest BCUT2D eigenvalue weighted by molar-refractivity contribution is -0.151. The molecule has 1 heterocycles. The van der Waals surface area contributed by atoms with Crippen LogP contribution in [0, 0.1) is 5.92 Å². The van der Waals surface area contributed by atoms with E-state index < -0.39 is 0 Å². The third kappa shape index (κ3) is 4.15. The summed E-state index contributed by atoms with van der Waals surface area (Å²) in [6.45, 7) is 2.24. The minimum Gasteiger partial charge on any atom is -0.462 e. The zero-order valence-electron chi connectivity index (χ0n) is 10.4. The van der Waals surface area contributed by atoms with Gasteiger partial charge in [0.1, 0.15) is 6.10 Å². The Morgan fingerprint density at radius 2 is 2.41 bits per heavy atom. The lowest BCUT2D eigenvalue weighted by atomic mass is 9.89. The van der Waals surface area contributed by atoms with E-state index >= 15 is 0 Å². The first-order valence-electron chi connectivity index (χ1n) is 6.46. The van der Waals surface area contributed by atoms with Crippen LogP contribution < -0.4 is 0 Å². The van der Waals surface area contributed by atoms with E-state index in [0.29, 0.717) is 12.3 Å². The average Bonchev–Trinajstić information content (AvgIpc) is 2.79. The second-order valence-electron chi connectivity index (χ2n) is 4.96. The highest BCUT2D eigenvalue weighted by atomic mass is 32.1. The molecule has 1 saturated carbocycles. The van der Waals surface area contributed by atoms with E-state index in [1.807, 2.05) is 11.4 Å². The normalized spacial score (nSPS) is 24.5. The molecule has 94 valence electrons. The number of carbonyl (C=O) groups is 1. The van der Waals surface area contributed by atoms with E-state index in [1.165, 1.54) is 17.7 Å². The van der Waals surface area contributed by atoms with Crippen molar-refractivity contribution >= 4 is 17.3 Å². The van der Waals surface area contributed by atoms with Gasteiger partial charge in [0.25, 0.3) is 0 Å². The van der Waals surface area contributed by atoms with Gasteiger partial charge in [-0.2, -0.15) is 0 Å². The van der Waals surface area contributed by atoms with Crippen LogP contribution in [0.3, 0.4) is 0 Å². The van der Waals surface area contributed by atoms with Crippen LogP contribution in [-0.4, -0.2) is 12.1 Å². The third-order valence-corrected chi connectivity index (χ3v) is 4.28. The number of rotatable bonds is 4. The van der Waals surface area contributed by atoms with Gasteiger partial charge >= 0.3 is 5.97 Å². The van der Waals surface area contributed by atoms with Crippen LogP contribution >= 0.6 is 11.3 Å². The number of esters is 1. The molecule has 2 atom stereocenters. The molecule has 0 N–H and O–H groups in total. The summed E-state index contributed by atoms with van der Waals surface area (Å²) in [5.74, 6) is 0.677. The molecule has 1 aliphatic rings. The number of thiophene rings is 1. The van der Waals surface area contributed by atoms with Crippen LogP contribution in [-0.2, 0) is 16.0 Å². The molecule has 1 aliphatic carbocycles.